The molecule has 33 heavy (non-hydrogen) atoms. The largest absolute Gasteiger partial charge is 0.490 e. The molecule has 1 saturated heterocycles. The van der Waals surface area contributed by atoms with Crippen LogP contribution < -0.4 is 15.4 Å². The lowest BCUT2D eigenvalue weighted by atomic mass is 10.1. The summed E-state index contributed by atoms with van der Waals surface area (Å²) in [6.07, 6.45) is 7.14. The predicted octanol–water partition coefficient (Wildman–Crippen LogP) is 2.24. The molecular weight excluding hydrogens is 422 g/mol. The lowest BCUT2D eigenvalue weighted by Gasteiger charge is -2.26. The second kappa shape index (κ2) is 12.2. The summed E-state index contributed by atoms with van der Waals surface area (Å²) < 4.78 is 10.8. The van der Waals surface area contributed by atoms with Crippen LogP contribution in [0.2, 0.25) is 0 Å². The number of anilines is 2. The van der Waals surface area contributed by atoms with Crippen molar-refractivity contribution >= 4 is 23.4 Å². The van der Waals surface area contributed by atoms with Gasteiger partial charge in [0, 0.05) is 20.1 Å². The van der Waals surface area contributed by atoms with Gasteiger partial charge in [-0.2, -0.15) is 0 Å². The van der Waals surface area contributed by atoms with Gasteiger partial charge in [0.2, 0.25) is 0 Å². The van der Waals surface area contributed by atoms with Crippen LogP contribution in [0.1, 0.15) is 50.9 Å². The SMILES string of the molecule is CCN(C)c1c(OCCCN2CCCCC2)cnc(C#CC(C)O)c1N=Cc1nonc1N. The zero-order valence-corrected chi connectivity index (χ0v) is 19.6. The van der Waals surface area contributed by atoms with Gasteiger partial charge < -0.3 is 25.4 Å². The van der Waals surface area contributed by atoms with Gasteiger partial charge >= 0.3 is 0 Å². The first-order chi connectivity index (χ1) is 16.0. The average Bonchev–Trinajstić information content (AvgIpc) is 3.24. The van der Waals surface area contributed by atoms with E-state index < -0.39 is 6.10 Å². The fourth-order valence-electron chi connectivity index (χ4n) is 3.56. The molecule has 0 amide bonds. The highest BCUT2D eigenvalue weighted by Gasteiger charge is 2.19. The molecule has 10 heteroatoms. The van der Waals surface area contributed by atoms with Crippen molar-refractivity contribution in [1.82, 2.24) is 20.2 Å². The lowest BCUT2D eigenvalue weighted by Crippen LogP contribution is -2.31. The molecule has 1 aliphatic heterocycles. The number of nitrogens with two attached hydrogens (primary N) is 1. The van der Waals surface area contributed by atoms with Crippen molar-refractivity contribution in [3.05, 3.63) is 17.6 Å². The van der Waals surface area contributed by atoms with E-state index in [1.165, 1.54) is 38.6 Å². The second-order valence-electron chi connectivity index (χ2n) is 8.02. The summed E-state index contributed by atoms with van der Waals surface area (Å²) in [5, 5.41) is 17.0. The third-order valence-corrected chi connectivity index (χ3v) is 5.43. The van der Waals surface area contributed by atoms with Crippen LogP contribution >= 0.6 is 0 Å². The van der Waals surface area contributed by atoms with Crippen LogP contribution in [0.15, 0.2) is 15.8 Å². The number of aliphatic hydroxyl groups is 1. The summed E-state index contributed by atoms with van der Waals surface area (Å²) in [7, 11) is 1.95. The first-order valence-corrected chi connectivity index (χ1v) is 11.4. The zero-order valence-electron chi connectivity index (χ0n) is 19.6. The highest BCUT2D eigenvalue weighted by molar-refractivity contribution is 5.88. The van der Waals surface area contributed by atoms with Crippen molar-refractivity contribution in [2.45, 2.75) is 45.6 Å². The summed E-state index contributed by atoms with van der Waals surface area (Å²) in [4.78, 5) is 13.6. The van der Waals surface area contributed by atoms with Crippen LogP contribution in [0.4, 0.5) is 17.2 Å². The van der Waals surface area contributed by atoms with Gasteiger partial charge in [-0.15, -0.1) is 0 Å². The Morgan fingerprint density at radius 1 is 1.36 bits per heavy atom. The highest BCUT2D eigenvalue weighted by atomic mass is 16.6. The molecule has 10 nitrogen and oxygen atoms in total. The number of nitrogen functional groups attached to an aromatic ring is 1. The lowest BCUT2D eigenvalue weighted by molar-refractivity contribution is 0.205. The minimum absolute atomic E-state index is 0.138. The molecule has 2 aromatic rings. The summed E-state index contributed by atoms with van der Waals surface area (Å²) in [5.41, 5.74) is 7.75. The van der Waals surface area contributed by atoms with Gasteiger partial charge in [0.05, 0.1) is 19.0 Å². The van der Waals surface area contributed by atoms with Crippen molar-refractivity contribution in [3.8, 4) is 17.6 Å². The van der Waals surface area contributed by atoms with Gasteiger partial charge in [-0.3, -0.25) is 0 Å². The van der Waals surface area contributed by atoms with Crippen LogP contribution in [0, 0.1) is 11.8 Å². The molecule has 0 spiro atoms. The fourth-order valence-corrected chi connectivity index (χ4v) is 3.56. The zero-order chi connectivity index (χ0) is 23.6. The van der Waals surface area contributed by atoms with Crippen LogP contribution in [0.25, 0.3) is 0 Å². The molecule has 0 aromatic carbocycles. The molecule has 0 radical (unpaired) electrons. The fraction of sp³-hybridized carbons (Fsp3) is 0.565. The molecule has 0 bridgehead atoms. The third kappa shape index (κ3) is 6.91. The number of aliphatic imine (C=N–C) groups is 1. The Bertz CT molecular complexity index is 988. The Balaban J connectivity index is 1.88. The maximum atomic E-state index is 9.63. The van der Waals surface area contributed by atoms with Gasteiger partial charge in [-0.1, -0.05) is 12.3 Å². The Kier molecular flexibility index (Phi) is 9.04. The Morgan fingerprint density at radius 2 is 2.15 bits per heavy atom. The van der Waals surface area contributed by atoms with E-state index in [-0.39, 0.29) is 5.82 Å². The van der Waals surface area contributed by atoms with E-state index in [0.717, 1.165) is 18.7 Å². The average molecular weight is 456 g/mol. The van der Waals surface area contributed by atoms with E-state index in [4.69, 9.17) is 10.5 Å². The van der Waals surface area contributed by atoms with Crippen molar-refractivity contribution in [1.29, 1.82) is 0 Å². The normalized spacial score (nSPS) is 15.3. The number of pyridine rings is 1. The quantitative estimate of drug-likeness (QED) is 0.332. The summed E-state index contributed by atoms with van der Waals surface area (Å²) in [5.74, 6) is 6.40. The van der Waals surface area contributed by atoms with Crippen LogP contribution in [0.5, 0.6) is 5.75 Å². The number of ether oxygens (including phenoxy) is 1. The number of piperidine rings is 1. The number of hydrogen-bond donors (Lipinski definition) is 2. The van der Waals surface area contributed by atoms with E-state index in [1.807, 2.05) is 18.9 Å². The van der Waals surface area contributed by atoms with Crippen molar-refractivity contribution in [3.63, 3.8) is 0 Å². The second-order valence-corrected chi connectivity index (χ2v) is 8.02. The standard InChI is InChI=1S/C23H33N7O3/c1-4-29(3)22-20(32-14-8-13-30-11-6-5-7-12-30)16-25-18(10-9-17(2)31)21(22)26-15-19-23(24)28-33-27-19/h15-17,31H,4-8,11-14H2,1-3H3,(H2,24,28). The number of aromatic nitrogens is 3. The minimum atomic E-state index is -0.794. The van der Waals surface area contributed by atoms with Gasteiger partial charge in [0.15, 0.2) is 17.3 Å². The molecule has 1 fully saturated rings. The summed E-state index contributed by atoms with van der Waals surface area (Å²) in [6, 6.07) is 0. The number of rotatable bonds is 9. The van der Waals surface area contributed by atoms with E-state index in [2.05, 4.69) is 41.7 Å². The molecule has 178 valence electrons. The third-order valence-electron chi connectivity index (χ3n) is 5.43. The van der Waals surface area contributed by atoms with E-state index >= 15 is 0 Å². The smallest absolute Gasteiger partial charge is 0.197 e. The molecule has 1 aliphatic rings. The molecule has 0 saturated carbocycles. The molecule has 1 atom stereocenters. The Hall–Kier alpha value is -3.16. The first kappa shape index (κ1) is 24.5. The maximum Gasteiger partial charge on any atom is 0.197 e. The van der Waals surface area contributed by atoms with Gasteiger partial charge in [-0.05, 0) is 62.4 Å². The molecule has 1 unspecified atom stereocenters. The topological polar surface area (TPSA) is 126 Å². The Morgan fingerprint density at radius 3 is 2.82 bits per heavy atom. The molecule has 3 heterocycles. The molecule has 3 rings (SSSR count). The van der Waals surface area contributed by atoms with Crippen molar-refractivity contribution in [2.75, 3.05) is 50.5 Å². The van der Waals surface area contributed by atoms with Gasteiger partial charge in [-0.25, -0.2) is 14.6 Å². The number of hydrogen-bond acceptors (Lipinski definition) is 10. The molecule has 2 aromatic heterocycles. The maximum absolute atomic E-state index is 9.63. The number of aliphatic hydroxyl groups excluding tert-OH is 1. The Labute approximate surface area is 194 Å². The van der Waals surface area contributed by atoms with Crippen LogP contribution in [-0.4, -0.2) is 77.5 Å². The van der Waals surface area contributed by atoms with Crippen molar-refractivity contribution < 1.29 is 14.5 Å². The van der Waals surface area contributed by atoms with Gasteiger partial charge in [0.25, 0.3) is 0 Å². The number of nitrogens with zero attached hydrogens (tertiary/aromatic N) is 6. The minimum Gasteiger partial charge on any atom is -0.490 e. The van der Waals surface area contributed by atoms with Crippen LogP contribution in [0.3, 0.4) is 0 Å². The molecular formula is C23H33N7O3. The van der Waals surface area contributed by atoms with E-state index in [0.29, 0.717) is 36.0 Å². The monoisotopic (exact) mass is 455 g/mol. The summed E-state index contributed by atoms with van der Waals surface area (Å²) in [6.45, 7) is 8.28. The summed E-state index contributed by atoms with van der Waals surface area (Å²) >= 11 is 0. The van der Waals surface area contributed by atoms with Gasteiger partial charge in [0.1, 0.15) is 23.2 Å². The molecule has 0 aliphatic carbocycles. The van der Waals surface area contributed by atoms with Crippen molar-refractivity contribution in [2.24, 2.45) is 4.99 Å². The first-order valence-electron chi connectivity index (χ1n) is 11.4. The van der Waals surface area contributed by atoms with E-state index in [9.17, 15) is 5.11 Å². The van der Waals surface area contributed by atoms with E-state index in [1.54, 1.807) is 13.1 Å². The number of likely N-dealkylation sites (tertiary alicyclic amines) is 1. The van der Waals surface area contributed by atoms with Crippen LogP contribution in [-0.2, 0) is 0 Å². The molecule has 3 N–H and O–H groups in total. The highest BCUT2D eigenvalue weighted by Crippen LogP contribution is 2.39. The predicted molar refractivity (Wildman–Crippen MR) is 128 cm³/mol.